The SMILES string of the molecule is Cn1ccnc1-c1ccccc1/C=C/c1ccccc1. The molecule has 0 amide bonds. The molecule has 0 saturated carbocycles. The highest BCUT2D eigenvalue weighted by Crippen LogP contribution is 2.23. The Morgan fingerprint density at radius 3 is 2.40 bits per heavy atom. The molecule has 2 nitrogen and oxygen atoms in total. The van der Waals surface area contributed by atoms with E-state index in [0.717, 1.165) is 11.4 Å². The fraction of sp³-hybridized carbons (Fsp3) is 0.0556. The van der Waals surface area contributed by atoms with E-state index in [2.05, 4.69) is 47.5 Å². The lowest BCUT2D eigenvalue weighted by Gasteiger charge is -2.06. The molecule has 3 rings (SSSR count). The lowest BCUT2D eigenvalue weighted by atomic mass is 10.1. The summed E-state index contributed by atoms with van der Waals surface area (Å²) >= 11 is 0. The maximum absolute atomic E-state index is 4.43. The van der Waals surface area contributed by atoms with Crippen LogP contribution in [0.25, 0.3) is 23.5 Å². The van der Waals surface area contributed by atoms with Crippen LogP contribution in [0.5, 0.6) is 0 Å². The van der Waals surface area contributed by atoms with E-state index in [1.54, 1.807) is 0 Å². The van der Waals surface area contributed by atoms with Crippen molar-refractivity contribution < 1.29 is 0 Å². The van der Waals surface area contributed by atoms with Crippen molar-refractivity contribution in [1.29, 1.82) is 0 Å². The quantitative estimate of drug-likeness (QED) is 0.643. The van der Waals surface area contributed by atoms with E-state index >= 15 is 0 Å². The van der Waals surface area contributed by atoms with Crippen molar-refractivity contribution >= 4 is 12.2 Å². The summed E-state index contributed by atoms with van der Waals surface area (Å²) in [6.45, 7) is 0. The molecule has 0 aliphatic heterocycles. The number of nitrogens with zero attached hydrogens (tertiary/aromatic N) is 2. The third kappa shape index (κ3) is 2.54. The Balaban J connectivity index is 1.99. The largest absolute Gasteiger partial charge is 0.334 e. The highest BCUT2D eigenvalue weighted by molar-refractivity contribution is 5.78. The second kappa shape index (κ2) is 5.57. The summed E-state index contributed by atoms with van der Waals surface area (Å²) in [7, 11) is 2.01. The molecule has 0 atom stereocenters. The normalized spacial score (nSPS) is 11.1. The van der Waals surface area contributed by atoms with Gasteiger partial charge in [-0.25, -0.2) is 4.98 Å². The fourth-order valence-electron chi connectivity index (χ4n) is 2.22. The molecule has 0 spiro atoms. The van der Waals surface area contributed by atoms with E-state index in [-0.39, 0.29) is 0 Å². The Morgan fingerprint density at radius 1 is 0.900 bits per heavy atom. The van der Waals surface area contributed by atoms with Crippen LogP contribution in [-0.4, -0.2) is 9.55 Å². The number of aromatic nitrogens is 2. The van der Waals surface area contributed by atoms with Crippen molar-refractivity contribution in [1.82, 2.24) is 9.55 Å². The van der Waals surface area contributed by atoms with Crippen molar-refractivity contribution in [3.05, 3.63) is 78.1 Å². The van der Waals surface area contributed by atoms with Gasteiger partial charge in [-0.05, 0) is 11.1 Å². The third-order valence-electron chi connectivity index (χ3n) is 3.28. The van der Waals surface area contributed by atoms with Gasteiger partial charge in [0.25, 0.3) is 0 Å². The Bertz CT molecular complexity index is 724. The van der Waals surface area contributed by atoms with Crippen LogP contribution < -0.4 is 0 Å². The Kier molecular flexibility index (Phi) is 3.46. The lowest BCUT2D eigenvalue weighted by Crippen LogP contribution is -1.93. The van der Waals surface area contributed by atoms with Crippen LogP contribution in [-0.2, 0) is 7.05 Å². The highest BCUT2D eigenvalue weighted by Gasteiger charge is 2.06. The maximum atomic E-state index is 4.43. The molecular formula is C18H16N2. The lowest BCUT2D eigenvalue weighted by molar-refractivity contribution is 0.924. The van der Waals surface area contributed by atoms with Gasteiger partial charge in [-0.3, -0.25) is 0 Å². The molecule has 1 aromatic heterocycles. The van der Waals surface area contributed by atoms with Crippen LogP contribution in [0.1, 0.15) is 11.1 Å². The van der Waals surface area contributed by atoms with Gasteiger partial charge in [0.05, 0.1) is 0 Å². The minimum Gasteiger partial charge on any atom is -0.334 e. The second-order valence-electron chi connectivity index (χ2n) is 4.69. The summed E-state index contributed by atoms with van der Waals surface area (Å²) in [4.78, 5) is 4.43. The molecule has 0 radical (unpaired) electrons. The molecule has 98 valence electrons. The van der Waals surface area contributed by atoms with Crippen LogP contribution in [0.2, 0.25) is 0 Å². The number of rotatable bonds is 3. The minimum atomic E-state index is 0.985. The van der Waals surface area contributed by atoms with Crippen molar-refractivity contribution in [2.45, 2.75) is 0 Å². The molecule has 2 heteroatoms. The first-order valence-electron chi connectivity index (χ1n) is 6.64. The van der Waals surface area contributed by atoms with Crippen LogP contribution >= 0.6 is 0 Å². The van der Waals surface area contributed by atoms with Gasteiger partial charge < -0.3 is 4.57 Å². The molecule has 0 fully saturated rings. The summed E-state index contributed by atoms with van der Waals surface area (Å²) < 4.78 is 2.04. The molecule has 2 aromatic carbocycles. The number of benzene rings is 2. The number of imidazole rings is 1. The summed E-state index contributed by atoms with van der Waals surface area (Å²) in [6.07, 6.45) is 8.06. The molecular weight excluding hydrogens is 244 g/mol. The number of hydrogen-bond donors (Lipinski definition) is 0. The van der Waals surface area contributed by atoms with Crippen LogP contribution in [0, 0.1) is 0 Å². The fourth-order valence-corrected chi connectivity index (χ4v) is 2.22. The maximum Gasteiger partial charge on any atom is 0.140 e. The van der Waals surface area contributed by atoms with Gasteiger partial charge in [-0.1, -0.05) is 66.7 Å². The zero-order valence-corrected chi connectivity index (χ0v) is 11.4. The predicted octanol–water partition coefficient (Wildman–Crippen LogP) is 4.26. The highest BCUT2D eigenvalue weighted by atomic mass is 15.0. The van der Waals surface area contributed by atoms with Gasteiger partial charge in [0.1, 0.15) is 5.82 Å². The first-order chi connectivity index (χ1) is 9.84. The molecule has 0 aliphatic carbocycles. The first kappa shape index (κ1) is 12.4. The van der Waals surface area contributed by atoms with E-state index in [0.29, 0.717) is 0 Å². The van der Waals surface area contributed by atoms with Gasteiger partial charge >= 0.3 is 0 Å². The molecule has 0 saturated heterocycles. The third-order valence-corrected chi connectivity index (χ3v) is 3.28. The van der Waals surface area contributed by atoms with Gasteiger partial charge in [-0.2, -0.15) is 0 Å². The topological polar surface area (TPSA) is 17.8 Å². The van der Waals surface area contributed by atoms with Gasteiger partial charge in [0, 0.05) is 25.0 Å². The van der Waals surface area contributed by atoms with E-state index in [1.807, 2.05) is 48.3 Å². The van der Waals surface area contributed by atoms with Crippen LogP contribution in [0.3, 0.4) is 0 Å². The van der Waals surface area contributed by atoms with E-state index in [4.69, 9.17) is 0 Å². The van der Waals surface area contributed by atoms with Crippen LogP contribution in [0.4, 0.5) is 0 Å². The number of hydrogen-bond acceptors (Lipinski definition) is 1. The van der Waals surface area contributed by atoms with Crippen molar-refractivity contribution in [3.63, 3.8) is 0 Å². The van der Waals surface area contributed by atoms with Crippen molar-refractivity contribution in [3.8, 4) is 11.4 Å². The Morgan fingerprint density at radius 2 is 1.65 bits per heavy atom. The Hall–Kier alpha value is -2.61. The van der Waals surface area contributed by atoms with Gasteiger partial charge in [0.2, 0.25) is 0 Å². The molecule has 3 aromatic rings. The van der Waals surface area contributed by atoms with Crippen LogP contribution in [0.15, 0.2) is 67.0 Å². The predicted molar refractivity (Wildman–Crippen MR) is 84.0 cm³/mol. The van der Waals surface area contributed by atoms with Crippen molar-refractivity contribution in [2.24, 2.45) is 7.05 Å². The van der Waals surface area contributed by atoms with E-state index in [1.165, 1.54) is 11.1 Å². The van der Waals surface area contributed by atoms with Crippen molar-refractivity contribution in [2.75, 3.05) is 0 Å². The zero-order chi connectivity index (χ0) is 13.8. The van der Waals surface area contributed by atoms with E-state index in [9.17, 15) is 0 Å². The summed E-state index contributed by atoms with van der Waals surface area (Å²) in [5.41, 5.74) is 3.51. The van der Waals surface area contributed by atoms with Gasteiger partial charge in [0.15, 0.2) is 0 Å². The molecule has 20 heavy (non-hydrogen) atoms. The smallest absolute Gasteiger partial charge is 0.140 e. The molecule has 0 aliphatic rings. The molecule has 0 bridgehead atoms. The minimum absolute atomic E-state index is 0.985. The summed E-state index contributed by atoms with van der Waals surface area (Å²) in [5.74, 6) is 0.985. The average molecular weight is 260 g/mol. The second-order valence-corrected chi connectivity index (χ2v) is 4.69. The zero-order valence-electron chi connectivity index (χ0n) is 11.4. The summed E-state index contributed by atoms with van der Waals surface area (Å²) in [5, 5.41) is 0. The summed E-state index contributed by atoms with van der Waals surface area (Å²) in [6, 6.07) is 18.6. The van der Waals surface area contributed by atoms with Gasteiger partial charge in [-0.15, -0.1) is 0 Å². The Labute approximate surface area is 119 Å². The molecule has 1 heterocycles. The first-order valence-corrected chi connectivity index (χ1v) is 6.64. The molecule has 0 unspecified atom stereocenters. The monoisotopic (exact) mass is 260 g/mol. The molecule has 0 N–H and O–H groups in total. The standard InChI is InChI=1S/C18H16N2/c1-20-14-13-19-18(20)17-10-6-5-9-16(17)12-11-15-7-3-2-4-8-15/h2-14H,1H3/b12-11+. The average Bonchev–Trinajstić information content (AvgIpc) is 2.92. The van der Waals surface area contributed by atoms with E-state index < -0.39 is 0 Å². The number of aryl methyl sites for hydroxylation is 1.